The third kappa shape index (κ3) is 1.94. The van der Waals surface area contributed by atoms with Gasteiger partial charge in [0.25, 0.3) is 0 Å². The van der Waals surface area contributed by atoms with Crippen LogP contribution in [-0.4, -0.2) is 29.8 Å². The van der Waals surface area contributed by atoms with E-state index in [2.05, 4.69) is 5.32 Å². The lowest BCUT2D eigenvalue weighted by molar-refractivity contribution is -0.153. The smallest absolute Gasteiger partial charge is 0.326 e. The van der Waals surface area contributed by atoms with E-state index in [0.29, 0.717) is 12.8 Å². The van der Waals surface area contributed by atoms with E-state index in [0.717, 1.165) is 19.3 Å². The SMILES string of the molecule is CCOC(=O)C1C(=O)NC2(CCCCC2)C1=O. The van der Waals surface area contributed by atoms with E-state index in [-0.39, 0.29) is 12.4 Å². The zero-order valence-electron chi connectivity index (χ0n) is 9.95. The molecule has 5 heteroatoms. The first-order valence-corrected chi connectivity index (χ1v) is 6.14. The van der Waals surface area contributed by atoms with E-state index in [4.69, 9.17) is 4.74 Å². The average molecular weight is 239 g/mol. The van der Waals surface area contributed by atoms with Crippen molar-refractivity contribution in [2.75, 3.05) is 6.61 Å². The lowest BCUT2D eigenvalue weighted by Crippen LogP contribution is -2.48. The van der Waals surface area contributed by atoms with Crippen molar-refractivity contribution < 1.29 is 19.1 Å². The molecule has 5 nitrogen and oxygen atoms in total. The van der Waals surface area contributed by atoms with Crippen LogP contribution in [0.4, 0.5) is 0 Å². The predicted molar refractivity (Wildman–Crippen MR) is 59.1 cm³/mol. The van der Waals surface area contributed by atoms with Crippen molar-refractivity contribution in [2.45, 2.75) is 44.6 Å². The van der Waals surface area contributed by atoms with Crippen LogP contribution in [0.2, 0.25) is 0 Å². The maximum Gasteiger partial charge on any atom is 0.326 e. The summed E-state index contributed by atoms with van der Waals surface area (Å²) >= 11 is 0. The van der Waals surface area contributed by atoms with Gasteiger partial charge in [0, 0.05) is 0 Å². The lowest BCUT2D eigenvalue weighted by atomic mass is 9.78. The molecule has 2 aliphatic rings. The summed E-state index contributed by atoms with van der Waals surface area (Å²) in [7, 11) is 0. The van der Waals surface area contributed by atoms with E-state index in [1.165, 1.54) is 0 Å². The molecule has 1 heterocycles. The summed E-state index contributed by atoms with van der Waals surface area (Å²) in [5, 5.41) is 2.72. The molecule has 1 spiro atoms. The van der Waals surface area contributed by atoms with E-state index < -0.39 is 23.3 Å². The molecule has 1 saturated carbocycles. The Morgan fingerprint density at radius 1 is 1.35 bits per heavy atom. The monoisotopic (exact) mass is 239 g/mol. The zero-order valence-corrected chi connectivity index (χ0v) is 9.95. The Bertz CT molecular complexity index is 358. The normalized spacial score (nSPS) is 27.0. The van der Waals surface area contributed by atoms with Crippen molar-refractivity contribution in [2.24, 2.45) is 5.92 Å². The molecular formula is C12H17NO4. The molecule has 1 N–H and O–H groups in total. The number of nitrogens with one attached hydrogen (secondary N) is 1. The van der Waals surface area contributed by atoms with Crippen molar-refractivity contribution in [3.8, 4) is 0 Å². The molecule has 0 bridgehead atoms. The van der Waals surface area contributed by atoms with Gasteiger partial charge in [-0.05, 0) is 19.8 Å². The number of hydrogen-bond donors (Lipinski definition) is 1. The highest BCUT2D eigenvalue weighted by atomic mass is 16.5. The number of amides is 1. The molecular weight excluding hydrogens is 222 g/mol. The quantitative estimate of drug-likeness (QED) is 0.564. The largest absolute Gasteiger partial charge is 0.465 e. The predicted octanol–water partition coefficient (Wildman–Crippen LogP) is 0.567. The fourth-order valence-corrected chi connectivity index (χ4v) is 2.73. The average Bonchev–Trinajstić information content (AvgIpc) is 2.52. The Kier molecular flexibility index (Phi) is 3.17. The molecule has 17 heavy (non-hydrogen) atoms. The minimum Gasteiger partial charge on any atom is -0.465 e. The minimum atomic E-state index is -1.24. The number of carbonyl (C=O) groups is 3. The molecule has 1 aliphatic heterocycles. The van der Waals surface area contributed by atoms with Crippen LogP contribution in [0.5, 0.6) is 0 Å². The Balaban J connectivity index is 2.18. The summed E-state index contributed by atoms with van der Waals surface area (Å²) in [5.41, 5.74) is -0.785. The number of ketones is 1. The van der Waals surface area contributed by atoms with Crippen LogP contribution >= 0.6 is 0 Å². The summed E-state index contributed by atoms with van der Waals surface area (Å²) in [6, 6.07) is 0. The standard InChI is InChI=1S/C12H17NO4/c1-2-17-11(16)8-9(14)12(13-10(8)15)6-4-3-5-7-12/h8H,2-7H2,1H3,(H,13,15). The Morgan fingerprint density at radius 2 is 2.00 bits per heavy atom. The first-order valence-electron chi connectivity index (χ1n) is 6.14. The van der Waals surface area contributed by atoms with E-state index in [9.17, 15) is 14.4 Å². The van der Waals surface area contributed by atoms with E-state index in [1.807, 2.05) is 0 Å². The molecule has 0 radical (unpaired) electrons. The molecule has 2 rings (SSSR count). The van der Waals surface area contributed by atoms with E-state index >= 15 is 0 Å². The Labute approximate surface area is 99.9 Å². The van der Waals surface area contributed by atoms with Gasteiger partial charge in [0.2, 0.25) is 5.91 Å². The van der Waals surface area contributed by atoms with Crippen LogP contribution in [0.3, 0.4) is 0 Å². The molecule has 1 saturated heterocycles. The lowest BCUT2D eigenvalue weighted by Gasteiger charge is -2.31. The van der Waals surface area contributed by atoms with Gasteiger partial charge in [-0.25, -0.2) is 0 Å². The second-order valence-electron chi connectivity index (χ2n) is 4.68. The number of esters is 1. The molecule has 1 aliphatic carbocycles. The van der Waals surface area contributed by atoms with Gasteiger partial charge in [-0.15, -0.1) is 0 Å². The van der Waals surface area contributed by atoms with Crippen LogP contribution < -0.4 is 5.32 Å². The Morgan fingerprint density at radius 3 is 2.59 bits per heavy atom. The second-order valence-corrected chi connectivity index (χ2v) is 4.68. The van der Waals surface area contributed by atoms with Crippen LogP contribution in [0, 0.1) is 5.92 Å². The fraction of sp³-hybridized carbons (Fsp3) is 0.750. The highest BCUT2D eigenvalue weighted by Crippen LogP contribution is 2.35. The van der Waals surface area contributed by atoms with Crippen molar-refractivity contribution >= 4 is 17.7 Å². The van der Waals surface area contributed by atoms with Gasteiger partial charge in [0.05, 0.1) is 12.1 Å². The van der Waals surface area contributed by atoms with Crippen LogP contribution in [0.1, 0.15) is 39.0 Å². The first-order chi connectivity index (χ1) is 8.10. The van der Waals surface area contributed by atoms with Gasteiger partial charge >= 0.3 is 5.97 Å². The zero-order chi connectivity index (χ0) is 12.5. The number of ether oxygens (including phenoxy) is 1. The number of hydrogen-bond acceptors (Lipinski definition) is 4. The molecule has 0 aromatic carbocycles. The molecule has 0 aromatic heterocycles. The molecule has 1 atom stereocenters. The Hall–Kier alpha value is -1.39. The second kappa shape index (κ2) is 4.47. The van der Waals surface area contributed by atoms with E-state index in [1.54, 1.807) is 6.92 Å². The third-order valence-electron chi connectivity index (χ3n) is 3.59. The van der Waals surface area contributed by atoms with Gasteiger partial charge in [-0.3, -0.25) is 14.4 Å². The van der Waals surface area contributed by atoms with Crippen LogP contribution in [0.25, 0.3) is 0 Å². The van der Waals surface area contributed by atoms with Crippen LogP contribution in [-0.2, 0) is 19.1 Å². The van der Waals surface area contributed by atoms with Gasteiger partial charge in [0.1, 0.15) is 0 Å². The topological polar surface area (TPSA) is 72.5 Å². The third-order valence-corrected chi connectivity index (χ3v) is 3.59. The van der Waals surface area contributed by atoms with Crippen LogP contribution in [0.15, 0.2) is 0 Å². The molecule has 94 valence electrons. The maximum absolute atomic E-state index is 12.2. The fourth-order valence-electron chi connectivity index (χ4n) is 2.73. The minimum absolute atomic E-state index is 0.183. The number of carbonyl (C=O) groups excluding carboxylic acids is 3. The van der Waals surface area contributed by atoms with Crippen molar-refractivity contribution in [1.29, 1.82) is 0 Å². The van der Waals surface area contributed by atoms with Gasteiger partial charge in [-0.1, -0.05) is 19.3 Å². The van der Waals surface area contributed by atoms with Gasteiger partial charge in [-0.2, -0.15) is 0 Å². The highest BCUT2D eigenvalue weighted by Gasteiger charge is 2.55. The first kappa shape index (κ1) is 12.1. The van der Waals surface area contributed by atoms with Crippen molar-refractivity contribution in [1.82, 2.24) is 5.32 Å². The summed E-state index contributed by atoms with van der Waals surface area (Å²) in [4.78, 5) is 35.6. The summed E-state index contributed by atoms with van der Waals surface area (Å²) in [6.45, 7) is 1.84. The highest BCUT2D eigenvalue weighted by molar-refractivity contribution is 6.24. The van der Waals surface area contributed by atoms with Crippen molar-refractivity contribution in [3.05, 3.63) is 0 Å². The van der Waals surface area contributed by atoms with Gasteiger partial charge < -0.3 is 10.1 Å². The maximum atomic E-state index is 12.2. The molecule has 1 unspecified atom stereocenters. The molecule has 0 aromatic rings. The summed E-state index contributed by atoms with van der Waals surface area (Å²) in [5.74, 6) is -2.73. The molecule has 1 amide bonds. The number of rotatable bonds is 2. The molecule has 2 fully saturated rings. The van der Waals surface area contributed by atoms with Gasteiger partial charge in [0.15, 0.2) is 11.7 Å². The number of Topliss-reactive ketones (excluding diaryl/α,β-unsaturated/α-hetero) is 1. The van der Waals surface area contributed by atoms with Crippen molar-refractivity contribution in [3.63, 3.8) is 0 Å². The summed E-state index contributed by atoms with van der Waals surface area (Å²) < 4.78 is 4.78. The summed E-state index contributed by atoms with van der Waals surface area (Å²) in [6.07, 6.45) is 4.21.